The number of Topliss-reactive ketones (excluding diaryl/α,β-unsaturated/α-hetero) is 1. The molecule has 0 aromatic carbocycles. The molecular weight excluding hydrogens is 199 g/mol. The molecule has 0 aromatic heterocycles. The largest absolute Gasteiger partial charge is 0.413 e. The summed E-state index contributed by atoms with van der Waals surface area (Å²) in [6.45, 7) is 2.08. The topological polar surface area (TPSA) is 52.3 Å². The van der Waals surface area contributed by atoms with Crippen molar-refractivity contribution in [2.24, 2.45) is 5.73 Å². The summed E-state index contributed by atoms with van der Waals surface area (Å²) in [5.41, 5.74) is 2.05. The van der Waals surface area contributed by atoms with Gasteiger partial charge >= 0.3 is 6.18 Å². The standard InChI is InChI=1S/C8H14F3NO2/c1-3-4-14-5-6(13)7(2,12)8(9,10)11/h3-5,12H2,1-2H3. The minimum atomic E-state index is -4.74. The maximum Gasteiger partial charge on any atom is 0.413 e. The van der Waals surface area contributed by atoms with Crippen LogP contribution in [0.4, 0.5) is 13.2 Å². The first kappa shape index (κ1) is 13.4. The van der Waals surface area contributed by atoms with Crippen LogP contribution in [0.3, 0.4) is 0 Å². The minimum Gasteiger partial charge on any atom is -0.374 e. The predicted molar refractivity (Wildman–Crippen MR) is 44.8 cm³/mol. The minimum absolute atomic E-state index is 0.250. The van der Waals surface area contributed by atoms with Crippen LogP contribution in [0.15, 0.2) is 0 Å². The Labute approximate surface area is 80.4 Å². The van der Waals surface area contributed by atoms with Crippen molar-refractivity contribution in [3.05, 3.63) is 0 Å². The first-order chi connectivity index (χ1) is 6.23. The highest BCUT2D eigenvalue weighted by molar-refractivity contribution is 5.89. The Morgan fingerprint density at radius 3 is 2.29 bits per heavy atom. The summed E-state index contributed by atoms with van der Waals surface area (Å²) < 4.78 is 41.3. The molecule has 1 atom stereocenters. The van der Waals surface area contributed by atoms with E-state index >= 15 is 0 Å². The van der Waals surface area contributed by atoms with Gasteiger partial charge < -0.3 is 10.5 Å². The van der Waals surface area contributed by atoms with E-state index in [9.17, 15) is 18.0 Å². The van der Waals surface area contributed by atoms with Gasteiger partial charge in [-0.05, 0) is 13.3 Å². The highest BCUT2D eigenvalue weighted by atomic mass is 19.4. The van der Waals surface area contributed by atoms with Crippen LogP contribution in [0.2, 0.25) is 0 Å². The van der Waals surface area contributed by atoms with Crippen molar-refractivity contribution in [2.45, 2.75) is 32.0 Å². The predicted octanol–water partition coefficient (Wildman–Crippen LogP) is 1.26. The summed E-state index contributed by atoms with van der Waals surface area (Å²) in [6.07, 6.45) is -4.10. The van der Waals surface area contributed by atoms with Crippen LogP contribution in [-0.4, -0.2) is 30.7 Å². The first-order valence-electron chi connectivity index (χ1n) is 4.20. The quantitative estimate of drug-likeness (QED) is 0.699. The Kier molecular flexibility index (Phi) is 4.54. The molecule has 0 rings (SSSR count). The van der Waals surface area contributed by atoms with Gasteiger partial charge in [0.25, 0.3) is 0 Å². The van der Waals surface area contributed by atoms with Crippen molar-refractivity contribution in [3.63, 3.8) is 0 Å². The van der Waals surface area contributed by atoms with Gasteiger partial charge in [-0.1, -0.05) is 6.92 Å². The lowest BCUT2D eigenvalue weighted by atomic mass is 9.98. The van der Waals surface area contributed by atoms with Crippen molar-refractivity contribution >= 4 is 5.78 Å². The molecule has 84 valence electrons. The normalized spacial score (nSPS) is 16.4. The molecule has 0 spiro atoms. The summed E-state index contributed by atoms with van der Waals surface area (Å²) in [4.78, 5) is 11.0. The lowest BCUT2D eigenvalue weighted by Crippen LogP contribution is -2.58. The molecule has 0 aliphatic heterocycles. The Balaban J connectivity index is 4.23. The zero-order valence-electron chi connectivity index (χ0n) is 8.15. The Morgan fingerprint density at radius 1 is 1.43 bits per heavy atom. The molecule has 6 heteroatoms. The monoisotopic (exact) mass is 213 g/mol. The van der Waals surface area contributed by atoms with Gasteiger partial charge in [0.15, 0.2) is 11.3 Å². The number of ether oxygens (including phenoxy) is 1. The summed E-state index contributed by atoms with van der Waals surface area (Å²) >= 11 is 0. The van der Waals surface area contributed by atoms with Gasteiger partial charge in [-0.3, -0.25) is 4.79 Å². The third-order valence-corrected chi connectivity index (χ3v) is 1.75. The van der Waals surface area contributed by atoms with Crippen molar-refractivity contribution in [2.75, 3.05) is 13.2 Å². The zero-order valence-corrected chi connectivity index (χ0v) is 8.15. The fourth-order valence-electron chi connectivity index (χ4n) is 0.617. The highest BCUT2D eigenvalue weighted by Gasteiger charge is 2.53. The molecule has 0 saturated carbocycles. The molecule has 0 fully saturated rings. The van der Waals surface area contributed by atoms with Crippen LogP contribution < -0.4 is 5.73 Å². The van der Waals surface area contributed by atoms with E-state index in [0.717, 1.165) is 0 Å². The van der Waals surface area contributed by atoms with Gasteiger partial charge in [-0.15, -0.1) is 0 Å². The van der Waals surface area contributed by atoms with Crippen LogP contribution in [0, 0.1) is 0 Å². The second-order valence-corrected chi connectivity index (χ2v) is 3.18. The third-order valence-electron chi connectivity index (χ3n) is 1.75. The van der Waals surface area contributed by atoms with E-state index in [4.69, 9.17) is 10.5 Å². The molecule has 0 heterocycles. The van der Waals surface area contributed by atoms with E-state index in [1.54, 1.807) is 6.92 Å². The molecule has 0 bridgehead atoms. The van der Waals surface area contributed by atoms with Crippen molar-refractivity contribution in [1.29, 1.82) is 0 Å². The van der Waals surface area contributed by atoms with Gasteiger partial charge in [0, 0.05) is 6.61 Å². The van der Waals surface area contributed by atoms with Gasteiger partial charge in [0.2, 0.25) is 0 Å². The molecular formula is C8H14F3NO2. The van der Waals surface area contributed by atoms with E-state index in [1.165, 1.54) is 0 Å². The van der Waals surface area contributed by atoms with E-state index < -0.39 is 24.1 Å². The second kappa shape index (κ2) is 4.75. The number of carbonyl (C=O) groups is 1. The van der Waals surface area contributed by atoms with Gasteiger partial charge in [-0.25, -0.2) is 0 Å². The number of rotatable bonds is 5. The average Bonchev–Trinajstić information content (AvgIpc) is 2.02. The number of ketones is 1. The maximum absolute atomic E-state index is 12.2. The zero-order chi connectivity index (χ0) is 11.4. The molecule has 2 N–H and O–H groups in total. The van der Waals surface area contributed by atoms with E-state index in [1.807, 2.05) is 0 Å². The molecule has 0 aromatic rings. The summed E-state index contributed by atoms with van der Waals surface area (Å²) in [7, 11) is 0. The summed E-state index contributed by atoms with van der Waals surface area (Å²) in [5, 5.41) is 0. The Bertz CT molecular complexity index is 201. The number of carbonyl (C=O) groups excluding carboxylic acids is 1. The smallest absolute Gasteiger partial charge is 0.374 e. The van der Waals surface area contributed by atoms with Crippen LogP contribution in [0.5, 0.6) is 0 Å². The summed E-state index contributed by atoms with van der Waals surface area (Å²) in [5.74, 6) is -1.15. The van der Waals surface area contributed by atoms with Crippen molar-refractivity contribution in [1.82, 2.24) is 0 Å². The number of halogens is 3. The van der Waals surface area contributed by atoms with Crippen molar-refractivity contribution < 1.29 is 22.7 Å². The number of hydrogen-bond acceptors (Lipinski definition) is 3. The Morgan fingerprint density at radius 2 is 1.93 bits per heavy atom. The summed E-state index contributed by atoms with van der Waals surface area (Å²) in [6, 6.07) is 0. The van der Waals surface area contributed by atoms with Gasteiger partial charge in [0.1, 0.15) is 6.61 Å². The highest BCUT2D eigenvalue weighted by Crippen LogP contribution is 2.28. The molecule has 14 heavy (non-hydrogen) atoms. The molecule has 1 unspecified atom stereocenters. The number of hydrogen-bond donors (Lipinski definition) is 1. The molecule has 3 nitrogen and oxygen atoms in total. The fraction of sp³-hybridized carbons (Fsp3) is 0.875. The SMILES string of the molecule is CCCOCC(=O)C(C)(N)C(F)(F)F. The number of nitrogens with two attached hydrogens (primary N) is 1. The van der Waals surface area contributed by atoms with E-state index in [0.29, 0.717) is 13.3 Å². The second-order valence-electron chi connectivity index (χ2n) is 3.18. The van der Waals surface area contributed by atoms with E-state index in [2.05, 4.69) is 0 Å². The molecule has 0 radical (unpaired) electrons. The molecule has 0 amide bonds. The third kappa shape index (κ3) is 3.26. The van der Waals surface area contributed by atoms with Gasteiger partial charge in [-0.2, -0.15) is 13.2 Å². The average molecular weight is 213 g/mol. The van der Waals surface area contributed by atoms with Crippen LogP contribution >= 0.6 is 0 Å². The molecule has 0 aliphatic rings. The van der Waals surface area contributed by atoms with Crippen LogP contribution in [0.25, 0.3) is 0 Å². The lowest BCUT2D eigenvalue weighted by molar-refractivity contribution is -0.188. The van der Waals surface area contributed by atoms with Crippen LogP contribution in [-0.2, 0) is 9.53 Å². The van der Waals surface area contributed by atoms with Crippen LogP contribution in [0.1, 0.15) is 20.3 Å². The molecule has 0 saturated heterocycles. The van der Waals surface area contributed by atoms with E-state index in [-0.39, 0.29) is 6.61 Å². The number of alkyl halides is 3. The fourth-order valence-corrected chi connectivity index (χ4v) is 0.617. The van der Waals surface area contributed by atoms with Gasteiger partial charge in [0.05, 0.1) is 0 Å². The lowest BCUT2D eigenvalue weighted by Gasteiger charge is -2.25. The maximum atomic E-state index is 12.2. The van der Waals surface area contributed by atoms with Crippen molar-refractivity contribution in [3.8, 4) is 0 Å². The Hall–Kier alpha value is -0.620. The molecule has 0 aliphatic carbocycles. The first-order valence-corrected chi connectivity index (χ1v) is 4.20.